The van der Waals surface area contributed by atoms with E-state index in [4.69, 9.17) is 11.1 Å². The van der Waals surface area contributed by atoms with Gasteiger partial charge < -0.3 is 16.5 Å². The number of hydrogen-bond acceptors (Lipinski definition) is 2. The zero-order valence-corrected chi connectivity index (χ0v) is 11.4. The molecule has 0 aromatic heterocycles. The van der Waals surface area contributed by atoms with E-state index in [0.717, 1.165) is 5.69 Å². The third-order valence-corrected chi connectivity index (χ3v) is 1.56. The number of aliphatic imine (C=N–C) groups is 1. The molecule has 0 amide bonds. The van der Waals surface area contributed by atoms with Gasteiger partial charge in [0.05, 0.1) is 0 Å². The SMILES string of the molecule is CC.CC=N.CN=C(N)Nc1ccc(C)cc1. The third kappa shape index (κ3) is 10.4. The van der Waals surface area contributed by atoms with Crippen molar-refractivity contribution in [1.29, 1.82) is 5.41 Å². The summed E-state index contributed by atoms with van der Waals surface area (Å²) in [7, 11) is 1.65. The number of nitrogens with one attached hydrogen (secondary N) is 2. The first-order valence-electron chi connectivity index (χ1n) is 5.65. The van der Waals surface area contributed by atoms with Crippen molar-refractivity contribution in [1.82, 2.24) is 0 Å². The van der Waals surface area contributed by atoms with Gasteiger partial charge in [-0.3, -0.25) is 4.99 Å². The fraction of sp³-hybridized carbons (Fsp3) is 0.385. The van der Waals surface area contributed by atoms with E-state index in [1.54, 1.807) is 14.0 Å². The Morgan fingerprint density at radius 1 is 1.29 bits per heavy atom. The molecule has 0 saturated carbocycles. The molecule has 4 heteroatoms. The summed E-state index contributed by atoms with van der Waals surface area (Å²) in [4.78, 5) is 3.79. The van der Waals surface area contributed by atoms with Crippen molar-refractivity contribution in [3.8, 4) is 0 Å². The molecule has 0 fully saturated rings. The van der Waals surface area contributed by atoms with Gasteiger partial charge in [-0.2, -0.15) is 0 Å². The maximum absolute atomic E-state index is 6.08. The van der Waals surface area contributed by atoms with Gasteiger partial charge in [0.2, 0.25) is 0 Å². The molecule has 1 rings (SSSR count). The molecule has 1 aromatic rings. The number of rotatable bonds is 1. The highest BCUT2D eigenvalue weighted by atomic mass is 15.1. The minimum atomic E-state index is 0.429. The number of guanidine groups is 1. The van der Waals surface area contributed by atoms with Crippen LogP contribution in [0.3, 0.4) is 0 Å². The van der Waals surface area contributed by atoms with E-state index in [0.29, 0.717) is 5.96 Å². The summed E-state index contributed by atoms with van der Waals surface area (Å²) in [5, 5.41) is 9.03. The quantitative estimate of drug-likeness (QED) is 0.518. The Morgan fingerprint density at radius 2 is 1.71 bits per heavy atom. The first-order chi connectivity index (χ1) is 8.13. The Hall–Kier alpha value is -1.84. The fourth-order valence-corrected chi connectivity index (χ4v) is 0.841. The third-order valence-electron chi connectivity index (χ3n) is 1.56. The van der Waals surface area contributed by atoms with Crippen LogP contribution in [0.15, 0.2) is 29.3 Å². The van der Waals surface area contributed by atoms with Crippen molar-refractivity contribution in [2.45, 2.75) is 27.7 Å². The summed E-state index contributed by atoms with van der Waals surface area (Å²) in [5.74, 6) is 0.429. The first kappa shape index (κ1) is 17.6. The minimum absolute atomic E-state index is 0.429. The first-order valence-corrected chi connectivity index (χ1v) is 5.65. The van der Waals surface area contributed by atoms with Gasteiger partial charge in [0.25, 0.3) is 0 Å². The average Bonchev–Trinajstić information content (AvgIpc) is 2.35. The van der Waals surface area contributed by atoms with Crippen molar-refractivity contribution >= 4 is 17.9 Å². The summed E-state index contributed by atoms with van der Waals surface area (Å²) >= 11 is 0. The molecule has 17 heavy (non-hydrogen) atoms. The van der Waals surface area contributed by atoms with Gasteiger partial charge in [-0.05, 0) is 32.2 Å². The molecule has 0 aliphatic rings. The normalized spacial score (nSPS) is 9.12. The molecule has 0 bridgehead atoms. The Morgan fingerprint density at radius 3 is 2.06 bits per heavy atom. The van der Waals surface area contributed by atoms with Crippen molar-refractivity contribution in [3.05, 3.63) is 29.8 Å². The largest absolute Gasteiger partial charge is 0.370 e. The zero-order chi connectivity index (χ0) is 13.7. The van der Waals surface area contributed by atoms with Gasteiger partial charge >= 0.3 is 0 Å². The van der Waals surface area contributed by atoms with Gasteiger partial charge in [-0.25, -0.2) is 0 Å². The van der Waals surface area contributed by atoms with Crippen molar-refractivity contribution in [2.75, 3.05) is 12.4 Å². The molecule has 1 aromatic carbocycles. The zero-order valence-electron chi connectivity index (χ0n) is 11.4. The number of anilines is 1. The molecule has 0 aliphatic carbocycles. The Bertz CT molecular complexity index is 315. The van der Waals surface area contributed by atoms with Gasteiger partial charge in [0.15, 0.2) is 5.96 Å². The van der Waals surface area contributed by atoms with Crippen LogP contribution < -0.4 is 11.1 Å². The highest BCUT2D eigenvalue weighted by Gasteiger charge is 1.91. The standard InChI is InChI=1S/C9H13N3.C2H5N.C2H6/c1-7-3-5-8(6-4-7)12-9(10)11-2;1-2-3;1-2/h3-6H,1-2H3,(H3,10,11,12);2-3H,1H3;1-2H3. The topological polar surface area (TPSA) is 74.3 Å². The molecule has 4 nitrogen and oxygen atoms in total. The van der Waals surface area contributed by atoms with Gasteiger partial charge in [-0.15, -0.1) is 0 Å². The van der Waals surface area contributed by atoms with Crippen LogP contribution in [0.5, 0.6) is 0 Å². The Balaban J connectivity index is 0. The predicted molar refractivity (Wildman–Crippen MR) is 78.2 cm³/mol. The second-order valence-corrected chi connectivity index (χ2v) is 2.89. The smallest absolute Gasteiger partial charge is 0.192 e. The Kier molecular flexibility index (Phi) is 12.6. The van der Waals surface area contributed by atoms with E-state index in [-0.39, 0.29) is 0 Å². The molecule has 0 spiro atoms. The molecule has 0 radical (unpaired) electrons. The maximum atomic E-state index is 6.08. The predicted octanol–water partition coefficient (Wildman–Crippen LogP) is 3.03. The molecule has 0 saturated heterocycles. The average molecular weight is 236 g/mol. The number of nitrogens with zero attached hydrogens (tertiary/aromatic N) is 1. The molecule has 96 valence electrons. The molecule has 0 aliphatic heterocycles. The van der Waals surface area contributed by atoms with Crippen LogP contribution in [0.4, 0.5) is 5.69 Å². The second kappa shape index (κ2) is 12.2. The van der Waals surface area contributed by atoms with Crippen LogP contribution in [-0.4, -0.2) is 19.2 Å². The summed E-state index contributed by atoms with van der Waals surface area (Å²) in [6.07, 6.45) is 1.25. The second-order valence-electron chi connectivity index (χ2n) is 2.89. The van der Waals surface area contributed by atoms with E-state index in [1.165, 1.54) is 11.8 Å². The van der Waals surface area contributed by atoms with E-state index >= 15 is 0 Å². The van der Waals surface area contributed by atoms with Crippen LogP contribution in [0, 0.1) is 12.3 Å². The van der Waals surface area contributed by atoms with Crippen molar-refractivity contribution in [2.24, 2.45) is 10.7 Å². The van der Waals surface area contributed by atoms with E-state index in [1.807, 2.05) is 45.0 Å². The monoisotopic (exact) mass is 236 g/mol. The molecular weight excluding hydrogens is 212 g/mol. The van der Waals surface area contributed by atoms with Crippen LogP contribution in [0.1, 0.15) is 26.3 Å². The molecule has 4 N–H and O–H groups in total. The van der Waals surface area contributed by atoms with Crippen molar-refractivity contribution < 1.29 is 0 Å². The fourth-order valence-electron chi connectivity index (χ4n) is 0.841. The lowest BCUT2D eigenvalue weighted by atomic mass is 10.2. The van der Waals surface area contributed by atoms with Crippen molar-refractivity contribution in [3.63, 3.8) is 0 Å². The minimum Gasteiger partial charge on any atom is -0.370 e. The number of nitrogens with two attached hydrogens (primary N) is 1. The lowest BCUT2D eigenvalue weighted by Gasteiger charge is -2.03. The molecule has 0 unspecified atom stereocenters. The summed E-state index contributed by atoms with van der Waals surface area (Å²) in [6.45, 7) is 7.71. The Labute approximate surface area is 104 Å². The van der Waals surface area contributed by atoms with Crippen LogP contribution >= 0.6 is 0 Å². The van der Waals surface area contributed by atoms with Gasteiger partial charge in [0, 0.05) is 12.7 Å². The number of aryl methyl sites for hydroxylation is 1. The maximum Gasteiger partial charge on any atom is 0.192 e. The summed E-state index contributed by atoms with van der Waals surface area (Å²) in [5.41, 5.74) is 7.67. The van der Waals surface area contributed by atoms with E-state index in [2.05, 4.69) is 10.3 Å². The molecule has 0 atom stereocenters. The summed E-state index contributed by atoms with van der Waals surface area (Å²) < 4.78 is 0. The lowest BCUT2D eigenvalue weighted by Crippen LogP contribution is -2.21. The van der Waals surface area contributed by atoms with Gasteiger partial charge in [0.1, 0.15) is 0 Å². The van der Waals surface area contributed by atoms with Gasteiger partial charge in [-0.1, -0.05) is 31.5 Å². The van der Waals surface area contributed by atoms with Crippen LogP contribution in [0.25, 0.3) is 0 Å². The van der Waals surface area contributed by atoms with Crippen LogP contribution in [0.2, 0.25) is 0 Å². The lowest BCUT2D eigenvalue weighted by molar-refractivity contribution is 1.37. The summed E-state index contributed by atoms with van der Waals surface area (Å²) in [6, 6.07) is 7.97. The highest BCUT2D eigenvalue weighted by Crippen LogP contribution is 2.07. The van der Waals surface area contributed by atoms with Crippen LogP contribution in [-0.2, 0) is 0 Å². The number of hydrogen-bond donors (Lipinski definition) is 3. The number of benzene rings is 1. The molecular formula is C13H24N4. The van der Waals surface area contributed by atoms with E-state index < -0.39 is 0 Å². The highest BCUT2D eigenvalue weighted by molar-refractivity contribution is 5.92. The van der Waals surface area contributed by atoms with E-state index in [9.17, 15) is 0 Å². The molecule has 0 heterocycles.